The van der Waals surface area contributed by atoms with Crippen molar-refractivity contribution in [3.05, 3.63) is 12.2 Å². The summed E-state index contributed by atoms with van der Waals surface area (Å²) in [7, 11) is 0. The van der Waals surface area contributed by atoms with Crippen molar-refractivity contribution in [3.63, 3.8) is 0 Å². The smallest absolute Gasteiger partial charge is 0.183 e. The van der Waals surface area contributed by atoms with E-state index in [2.05, 4.69) is 26.9 Å². The van der Waals surface area contributed by atoms with Gasteiger partial charge in [-0.1, -0.05) is 6.92 Å². The maximum atomic E-state index is 6.47. The van der Waals surface area contributed by atoms with Crippen molar-refractivity contribution in [1.29, 1.82) is 0 Å². The molecular weight excluding hydrogens is 228 g/mol. The number of nitrogens with one attached hydrogen (secondary N) is 1. The first-order valence-electron chi connectivity index (χ1n) is 6.34. The van der Waals surface area contributed by atoms with E-state index < -0.39 is 0 Å². The molecule has 0 aliphatic heterocycles. The van der Waals surface area contributed by atoms with Crippen LogP contribution in [0.5, 0.6) is 0 Å². The van der Waals surface area contributed by atoms with Gasteiger partial charge in [0.2, 0.25) is 0 Å². The Hall–Kier alpha value is -1.69. The zero-order chi connectivity index (χ0) is 12.8. The van der Waals surface area contributed by atoms with Gasteiger partial charge in [-0.25, -0.2) is 15.0 Å². The standard InChI is InChI=1S/C12H18N6/c1-7-2-4-12(14,5-3-7)11-17-8-9(13)15-6-16-10(8)18-11/h6-7H,2-5,14H2,1H3,(H3,13,15,16,17,18). The Morgan fingerprint density at radius 3 is 2.72 bits per heavy atom. The van der Waals surface area contributed by atoms with Gasteiger partial charge < -0.3 is 16.5 Å². The Morgan fingerprint density at radius 1 is 1.33 bits per heavy atom. The second-order valence-electron chi connectivity index (χ2n) is 5.38. The zero-order valence-corrected chi connectivity index (χ0v) is 10.5. The van der Waals surface area contributed by atoms with Crippen LogP contribution in [0.15, 0.2) is 6.33 Å². The Bertz CT molecular complexity index is 567. The molecule has 96 valence electrons. The summed E-state index contributed by atoms with van der Waals surface area (Å²) in [5.41, 5.74) is 13.2. The second-order valence-corrected chi connectivity index (χ2v) is 5.38. The number of imidazole rings is 1. The molecule has 1 aliphatic carbocycles. The molecular formula is C12H18N6. The number of aromatic nitrogens is 4. The molecule has 5 N–H and O–H groups in total. The van der Waals surface area contributed by atoms with E-state index in [0.29, 0.717) is 17.0 Å². The minimum atomic E-state index is -0.375. The lowest BCUT2D eigenvalue weighted by atomic mass is 9.77. The number of rotatable bonds is 1. The average molecular weight is 246 g/mol. The van der Waals surface area contributed by atoms with Crippen molar-refractivity contribution in [3.8, 4) is 0 Å². The first-order chi connectivity index (χ1) is 8.58. The predicted octanol–water partition coefficient (Wildman–Crippen LogP) is 1.30. The van der Waals surface area contributed by atoms with Crippen molar-refractivity contribution in [2.24, 2.45) is 11.7 Å². The van der Waals surface area contributed by atoms with Crippen molar-refractivity contribution < 1.29 is 0 Å². The fraction of sp³-hybridized carbons (Fsp3) is 0.583. The van der Waals surface area contributed by atoms with Gasteiger partial charge in [0.25, 0.3) is 0 Å². The fourth-order valence-electron chi connectivity index (χ4n) is 2.60. The molecule has 18 heavy (non-hydrogen) atoms. The van der Waals surface area contributed by atoms with Gasteiger partial charge in [0.15, 0.2) is 11.5 Å². The Balaban J connectivity index is 2.01. The van der Waals surface area contributed by atoms with Crippen LogP contribution in [-0.4, -0.2) is 19.9 Å². The van der Waals surface area contributed by atoms with Crippen LogP contribution >= 0.6 is 0 Å². The van der Waals surface area contributed by atoms with Crippen LogP contribution < -0.4 is 11.5 Å². The summed E-state index contributed by atoms with van der Waals surface area (Å²) < 4.78 is 0. The molecule has 0 aromatic carbocycles. The summed E-state index contributed by atoms with van der Waals surface area (Å²) in [5, 5.41) is 0. The molecule has 0 bridgehead atoms. The molecule has 1 fully saturated rings. The first-order valence-corrected chi connectivity index (χ1v) is 6.34. The SMILES string of the molecule is CC1CCC(N)(c2nc3ncnc(N)c3[nH]2)CC1. The summed E-state index contributed by atoms with van der Waals surface area (Å²) in [5.74, 6) is 1.96. The molecule has 0 unspecified atom stereocenters. The third kappa shape index (κ3) is 1.73. The maximum absolute atomic E-state index is 6.47. The molecule has 0 radical (unpaired) electrons. The van der Waals surface area contributed by atoms with E-state index in [4.69, 9.17) is 11.5 Å². The molecule has 1 saturated carbocycles. The highest BCUT2D eigenvalue weighted by atomic mass is 15.1. The van der Waals surface area contributed by atoms with Crippen LogP contribution in [0.4, 0.5) is 5.82 Å². The number of nitrogens with zero attached hydrogens (tertiary/aromatic N) is 3. The number of nitrogen functional groups attached to an aromatic ring is 1. The minimum absolute atomic E-state index is 0.375. The third-order valence-electron chi connectivity index (χ3n) is 3.96. The van der Waals surface area contributed by atoms with E-state index in [-0.39, 0.29) is 5.54 Å². The summed E-state index contributed by atoms with van der Waals surface area (Å²) in [6.07, 6.45) is 5.58. The van der Waals surface area contributed by atoms with Crippen LogP contribution in [0.3, 0.4) is 0 Å². The topological polar surface area (TPSA) is 106 Å². The molecule has 2 aromatic rings. The number of nitrogens with two attached hydrogens (primary N) is 2. The molecule has 0 saturated heterocycles. The Morgan fingerprint density at radius 2 is 2.06 bits per heavy atom. The van der Waals surface area contributed by atoms with Gasteiger partial charge in [0.05, 0.1) is 5.54 Å². The summed E-state index contributed by atoms with van der Waals surface area (Å²) in [4.78, 5) is 15.8. The van der Waals surface area contributed by atoms with Crippen molar-refractivity contribution in [2.75, 3.05) is 5.73 Å². The van der Waals surface area contributed by atoms with E-state index in [9.17, 15) is 0 Å². The number of fused-ring (bicyclic) bond motifs is 1. The molecule has 0 amide bonds. The normalized spacial score (nSPS) is 28.7. The lowest BCUT2D eigenvalue weighted by molar-refractivity contribution is 0.238. The largest absolute Gasteiger partial charge is 0.382 e. The Kier molecular flexibility index (Phi) is 2.48. The van der Waals surface area contributed by atoms with Gasteiger partial charge >= 0.3 is 0 Å². The van der Waals surface area contributed by atoms with Crippen molar-refractivity contribution in [2.45, 2.75) is 38.1 Å². The van der Waals surface area contributed by atoms with Crippen molar-refractivity contribution >= 4 is 17.0 Å². The lowest BCUT2D eigenvalue weighted by Gasteiger charge is -2.34. The predicted molar refractivity (Wildman–Crippen MR) is 69.6 cm³/mol. The molecule has 0 atom stereocenters. The maximum Gasteiger partial charge on any atom is 0.183 e. The number of H-pyrrole nitrogens is 1. The van der Waals surface area contributed by atoms with Gasteiger partial charge in [0.1, 0.15) is 17.7 Å². The molecule has 2 aromatic heterocycles. The van der Waals surface area contributed by atoms with Gasteiger partial charge in [-0.2, -0.15) is 0 Å². The van der Waals surface area contributed by atoms with Crippen LogP contribution in [0, 0.1) is 5.92 Å². The van der Waals surface area contributed by atoms with Crippen LogP contribution in [-0.2, 0) is 5.54 Å². The summed E-state index contributed by atoms with van der Waals surface area (Å²) in [6, 6.07) is 0. The van der Waals surface area contributed by atoms with E-state index in [1.807, 2.05) is 0 Å². The lowest BCUT2D eigenvalue weighted by Crippen LogP contribution is -2.41. The molecule has 0 spiro atoms. The van der Waals surface area contributed by atoms with Gasteiger partial charge in [0, 0.05) is 0 Å². The highest BCUT2D eigenvalue weighted by Gasteiger charge is 2.35. The number of hydrogen-bond donors (Lipinski definition) is 3. The van der Waals surface area contributed by atoms with E-state index in [0.717, 1.165) is 37.4 Å². The average Bonchev–Trinajstić information content (AvgIpc) is 2.79. The third-order valence-corrected chi connectivity index (χ3v) is 3.96. The summed E-state index contributed by atoms with van der Waals surface area (Å²) >= 11 is 0. The quantitative estimate of drug-likeness (QED) is 0.703. The van der Waals surface area contributed by atoms with Crippen molar-refractivity contribution in [1.82, 2.24) is 19.9 Å². The van der Waals surface area contributed by atoms with E-state index in [1.165, 1.54) is 6.33 Å². The van der Waals surface area contributed by atoms with Crippen LogP contribution in [0.25, 0.3) is 11.2 Å². The van der Waals surface area contributed by atoms with Crippen LogP contribution in [0.2, 0.25) is 0 Å². The monoisotopic (exact) mass is 246 g/mol. The minimum Gasteiger partial charge on any atom is -0.382 e. The van der Waals surface area contributed by atoms with Crippen LogP contribution in [0.1, 0.15) is 38.4 Å². The van der Waals surface area contributed by atoms with E-state index in [1.54, 1.807) is 0 Å². The Labute approximate surface area is 105 Å². The van der Waals surface area contributed by atoms with E-state index >= 15 is 0 Å². The highest BCUT2D eigenvalue weighted by Crippen LogP contribution is 2.36. The zero-order valence-electron chi connectivity index (χ0n) is 10.5. The number of hydrogen-bond acceptors (Lipinski definition) is 5. The summed E-state index contributed by atoms with van der Waals surface area (Å²) in [6.45, 7) is 2.27. The highest BCUT2D eigenvalue weighted by molar-refractivity contribution is 5.81. The van der Waals surface area contributed by atoms with Gasteiger partial charge in [-0.05, 0) is 31.6 Å². The molecule has 6 heteroatoms. The second kappa shape index (κ2) is 3.91. The van der Waals surface area contributed by atoms with Gasteiger partial charge in [-0.3, -0.25) is 0 Å². The fourth-order valence-corrected chi connectivity index (χ4v) is 2.60. The molecule has 1 aliphatic rings. The number of anilines is 1. The molecule has 2 heterocycles. The molecule has 3 rings (SSSR count). The molecule has 6 nitrogen and oxygen atoms in total. The van der Waals surface area contributed by atoms with Gasteiger partial charge in [-0.15, -0.1) is 0 Å². The first kappa shape index (κ1) is 11.4. The number of aromatic amines is 1.